The Kier molecular flexibility index (Phi) is 3.45. The molecule has 1 aliphatic carbocycles. The Morgan fingerprint density at radius 1 is 1.06 bits per heavy atom. The smallest absolute Gasteiger partial charge is 0.129 e. The minimum atomic E-state index is -0.482. The van der Waals surface area contributed by atoms with Crippen LogP contribution in [0.1, 0.15) is 45.1 Å². The number of benzene rings is 1. The van der Waals surface area contributed by atoms with Crippen molar-refractivity contribution < 1.29 is 8.78 Å². The number of hydrogen-bond donors (Lipinski definition) is 1. The third kappa shape index (κ3) is 2.89. The molecule has 1 nitrogen and oxygen atoms in total. The first-order valence-corrected chi connectivity index (χ1v) is 6.53. The van der Waals surface area contributed by atoms with Crippen LogP contribution >= 0.6 is 0 Å². The minimum absolute atomic E-state index is 0.139. The van der Waals surface area contributed by atoms with Crippen molar-refractivity contribution in [3.8, 4) is 0 Å². The maximum atomic E-state index is 13.6. The molecule has 3 heteroatoms. The van der Waals surface area contributed by atoms with E-state index in [2.05, 4.69) is 13.8 Å². The van der Waals surface area contributed by atoms with Crippen LogP contribution in [0, 0.1) is 17.0 Å². The fourth-order valence-electron chi connectivity index (χ4n) is 2.65. The lowest BCUT2D eigenvalue weighted by Gasteiger charge is -2.41. The molecule has 0 radical (unpaired) electrons. The second-order valence-electron chi connectivity index (χ2n) is 6.40. The van der Waals surface area contributed by atoms with Crippen LogP contribution in [0.4, 0.5) is 8.78 Å². The zero-order valence-corrected chi connectivity index (χ0v) is 11.1. The maximum absolute atomic E-state index is 13.6. The van der Waals surface area contributed by atoms with E-state index in [4.69, 9.17) is 5.73 Å². The summed E-state index contributed by atoms with van der Waals surface area (Å²) in [5.74, 6) is -0.964. The van der Waals surface area contributed by atoms with Crippen molar-refractivity contribution in [2.75, 3.05) is 0 Å². The Hall–Kier alpha value is -0.960. The van der Waals surface area contributed by atoms with Gasteiger partial charge in [0.2, 0.25) is 0 Å². The largest absolute Gasteiger partial charge is 0.325 e. The molecule has 1 aromatic carbocycles. The molecule has 1 saturated carbocycles. The number of halogens is 2. The predicted molar refractivity (Wildman–Crippen MR) is 69.2 cm³/mol. The molecule has 1 aliphatic rings. The van der Waals surface area contributed by atoms with E-state index in [9.17, 15) is 8.78 Å². The van der Waals surface area contributed by atoms with Crippen molar-refractivity contribution in [1.82, 2.24) is 0 Å². The van der Waals surface area contributed by atoms with Gasteiger partial charge < -0.3 is 5.73 Å². The molecule has 100 valence electrons. The molecule has 2 N–H and O–H groups in total. The molecule has 0 atom stereocenters. The van der Waals surface area contributed by atoms with E-state index in [-0.39, 0.29) is 5.56 Å². The Morgan fingerprint density at radius 3 is 2.06 bits per heavy atom. The molecule has 18 heavy (non-hydrogen) atoms. The van der Waals surface area contributed by atoms with Gasteiger partial charge in [0.1, 0.15) is 11.6 Å². The van der Waals surface area contributed by atoms with Crippen molar-refractivity contribution in [3.63, 3.8) is 0 Å². The average molecular weight is 253 g/mol. The fourth-order valence-corrected chi connectivity index (χ4v) is 2.65. The van der Waals surface area contributed by atoms with E-state index in [1.807, 2.05) is 0 Å². The van der Waals surface area contributed by atoms with Crippen molar-refractivity contribution in [2.45, 2.75) is 51.5 Å². The topological polar surface area (TPSA) is 26.0 Å². The zero-order chi connectivity index (χ0) is 13.4. The Labute approximate surface area is 107 Å². The molecule has 0 bridgehead atoms. The highest BCUT2D eigenvalue weighted by Crippen LogP contribution is 2.40. The predicted octanol–water partition coefficient (Wildman–Crippen LogP) is 3.81. The average Bonchev–Trinajstić information content (AvgIpc) is 2.29. The molecule has 1 fully saturated rings. The highest BCUT2D eigenvalue weighted by Gasteiger charge is 2.36. The molecule has 0 aromatic heterocycles. The quantitative estimate of drug-likeness (QED) is 0.852. The van der Waals surface area contributed by atoms with Gasteiger partial charge in [-0.05, 0) is 49.7 Å². The van der Waals surface area contributed by atoms with Crippen LogP contribution in [0.5, 0.6) is 0 Å². The third-order valence-corrected chi connectivity index (χ3v) is 4.19. The Morgan fingerprint density at radius 2 is 1.56 bits per heavy atom. The standard InChI is InChI=1S/C15H21F2N/c1-14(2)6-8-15(18,9-7-14)10-11-12(16)4-3-5-13(11)17/h3-5H,6-10,18H2,1-2H3. The van der Waals surface area contributed by atoms with Crippen LogP contribution in [0.2, 0.25) is 0 Å². The molecule has 0 unspecified atom stereocenters. The third-order valence-electron chi connectivity index (χ3n) is 4.19. The number of nitrogens with two attached hydrogens (primary N) is 1. The monoisotopic (exact) mass is 253 g/mol. The highest BCUT2D eigenvalue weighted by atomic mass is 19.1. The normalized spacial score (nSPS) is 21.8. The molecule has 0 amide bonds. The maximum Gasteiger partial charge on any atom is 0.129 e. The van der Waals surface area contributed by atoms with Gasteiger partial charge in [0.25, 0.3) is 0 Å². The first-order chi connectivity index (χ1) is 8.31. The van der Waals surface area contributed by atoms with Crippen molar-refractivity contribution >= 4 is 0 Å². The summed E-state index contributed by atoms with van der Waals surface area (Å²) >= 11 is 0. The Balaban J connectivity index is 2.14. The van der Waals surface area contributed by atoms with Gasteiger partial charge in [-0.15, -0.1) is 0 Å². The number of hydrogen-bond acceptors (Lipinski definition) is 1. The van der Waals surface area contributed by atoms with Gasteiger partial charge in [0, 0.05) is 11.1 Å². The Bertz CT molecular complexity index is 410. The van der Waals surface area contributed by atoms with E-state index >= 15 is 0 Å². The molecule has 0 heterocycles. The van der Waals surface area contributed by atoms with E-state index in [0.29, 0.717) is 11.8 Å². The van der Waals surface area contributed by atoms with E-state index in [0.717, 1.165) is 25.7 Å². The van der Waals surface area contributed by atoms with Crippen molar-refractivity contribution in [1.29, 1.82) is 0 Å². The second-order valence-corrected chi connectivity index (χ2v) is 6.40. The summed E-state index contributed by atoms with van der Waals surface area (Å²) in [5.41, 5.74) is 6.30. The zero-order valence-electron chi connectivity index (χ0n) is 11.1. The highest BCUT2D eigenvalue weighted by molar-refractivity contribution is 5.22. The van der Waals surface area contributed by atoms with Gasteiger partial charge in [0.05, 0.1) is 0 Å². The summed E-state index contributed by atoms with van der Waals surface area (Å²) in [7, 11) is 0. The second kappa shape index (κ2) is 4.61. The van der Waals surface area contributed by atoms with Crippen molar-refractivity contribution in [2.24, 2.45) is 11.1 Å². The van der Waals surface area contributed by atoms with Crippen LogP contribution in [0.25, 0.3) is 0 Å². The minimum Gasteiger partial charge on any atom is -0.325 e. The molecule has 0 spiro atoms. The summed E-state index contributed by atoms with van der Waals surface area (Å²) in [5, 5.41) is 0. The molecule has 0 aliphatic heterocycles. The van der Waals surface area contributed by atoms with Crippen molar-refractivity contribution in [3.05, 3.63) is 35.4 Å². The first-order valence-electron chi connectivity index (χ1n) is 6.53. The summed E-state index contributed by atoms with van der Waals surface area (Å²) in [6.07, 6.45) is 3.97. The van der Waals surface area contributed by atoms with Gasteiger partial charge >= 0.3 is 0 Å². The molecule has 0 saturated heterocycles. The van der Waals surface area contributed by atoms with Crippen LogP contribution in [0.15, 0.2) is 18.2 Å². The lowest BCUT2D eigenvalue weighted by Crippen LogP contribution is -2.47. The SMILES string of the molecule is CC1(C)CCC(N)(Cc2c(F)cccc2F)CC1. The lowest BCUT2D eigenvalue weighted by molar-refractivity contribution is 0.163. The molecule has 1 aromatic rings. The van der Waals surface area contributed by atoms with Gasteiger partial charge in [0.15, 0.2) is 0 Å². The summed E-state index contributed by atoms with van der Waals surface area (Å²) in [6.45, 7) is 4.44. The van der Waals surface area contributed by atoms with Gasteiger partial charge in [-0.1, -0.05) is 19.9 Å². The van der Waals surface area contributed by atoms with Crippen LogP contribution in [-0.4, -0.2) is 5.54 Å². The van der Waals surface area contributed by atoms with Crippen LogP contribution in [-0.2, 0) is 6.42 Å². The lowest BCUT2D eigenvalue weighted by atomic mass is 9.68. The van der Waals surface area contributed by atoms with E-state index in [1.54, 1.807) is 0 Å². The van der Waals surface area contributed by atoms with Crippen LogP contribution in [0.3, 0.4) is 0 Å². The summed E-state index contributed by atoms with van der Waals surface area (Å²) < 4.78 is 27.3. The van der Waals surface area contributed by atoms with E-state index < -0.39 is 17.2 Å². The summed E-state index contributed by atoms with van der Waals surface area (Å²) in [4.78, 5) is 0. The molecule has 2 rings (SSSR count). The summed E-state index contributed by atoms with van der Waals surface area (Å²) in [6, 6.07) is 3.99. The van der Waals surface area contributed by atoms with Crippen LogP contribution < -0.4 is 5.73 Å². The fraction of sp³-hybridized carbons (Fsp3) is 0.600. The van der Waals surface area contributed by atoms with Gasteiger partial charge in [-0.25, -0.2) is 8.78 Å². The van der Waals surface area contributed by atoms with Gasteiger partial charge in [-0.3, -0.25) is 0 Å². The molecular weight excluding hydrogens is 232 g/mol. The van der Waals surface area contributed by atoms with Gasteiger partial charge in [-0.2, -0.15) is 0 Å². The molecular formula is C15H21F2N. The van der Waals surface area contributed by atoms with E-state index in [1.165, 1.54) is 18.2 Å². The first kappa shape index (κ1) is 13.5. The number of rotatable bonds is 2.